The minimum atomic E-state index is -0.358. The Bertz CT molecular complexity index is 763. The number of fused-ring (bicyclic) bond motifs is 1. The summed E-state index contributed by atoms with van der Waals surface area (Å²) in [4.78, 5) is 16.6. The van der Waals surface area contributed by atoms with E-state index in [4.69, 9.17) is 0 Å². The first-order valence-corrected chi connectivity index (χ1v) is 7.20. The van der Waals surface area contributed by atoms with Gasteiger partial charge in [-0.05, 0) is 13.0 Å². The normalized spacial score (nSPS) is 11.0. The molecule has 2 aromatic heterocycles. The Morgan fingerprint density at radius 2 is 2.21 bits per heavy atom. The monoisotopic (exact) mass is 291 g/mol. The van der Waals surface area contributed by atoms with Crippen LogP contribution in [0, 0.1) is 17.0 Å². The van der Waals surface area contributed by atoms with E-state index in [2.05, 4.69) is 4.98 Å². The van der Waals surface area contributed by atoms with Crippen molar-refractivity contribution >= 4 is 33.7 Å². The van der Waals surface area contributed by atoms with E-state index in [9.17, 15) is 10.1 Å². The highest BCUT2D eigenvalue weighted by Crippen LogP contribution is 2.37. The Balaban J connectivity index is 2.08. The largest absolute Gasteiger partial charge is 0.285 e. The highest BCUT2D eigenvalue weighted by molar-refractivity contribution is 7.99. The van der Waals surface area contributed by atoms with Crippen molar-refractivity contribution in [3.8, 4) is 0 Å². The molecule has 3 rings (SSSR count). The second-order valence-corrected chi connectivity index (χ2v) is 5.79. The minimum absolute atomic E-state index is 0.122. The molecule has 0 saturated heterocycles. The van der Waals surface area contributed by atoms with Crippen LogP contribution >= 0.6 is 23.1 Å². The maximum atomic E-state index is 11.0. The molecule has 19 heavy (non-hydrogen) atoms. The molecule has 0 aliphatic carbocycles. The first-order chi connectivity index (χ1) is 9.16. The summed E-state index contributed by atoms with van der Waals surface area (Å²) in [6.45, 7) is 1.91. The number of aromatic nitrogens is 2. The predicted octanol–water partition coefficient (Wildman–Crippen LogP) is 3.76. The first-order valence-electron chi connectivity index (χ1n) is 5.50. The lowest BCUT2D eigenvalue weighted by Crippen LogP contribution is -1.91. The van der Waals surface area contributed by atoms with Gasteiger partial charge in [-0.25, -0.2) is 4.98 Å². The number of nitro groups is 1. The van der Waals surface area contributed by atoms with Crippen molar-refractivity contribution in [2.45, 2.75) is 16.8 Å². The van der Waals surface area contributed by atoms with Crippen LogP contribution in [-0.2, 0) is 0 Å². The number of imidazole rings is 1. The summed E-state index contributed by atoms with van der Waals surface area (Å²) in [5.41, 5.74) is 1.01. The van der Waals surface area contributed by atoms with E-state index in [1.165, 1.54) is 17.8 Å². The van der Waals surface area contributed by atoms with Crippen molar-refractivity contribution < 1.29 is 4.92 Å². The van der Waals surface area contributed by atoms with Crippen LogP contribution in [0.1, 0.15) is 5.69 Å². The van der Waals surface area contributed by atoms with Crippen molar-refractivity contribution in [3.63, 3.8) is 0 Å². The van der Waals surface area contributed by atoms with E-state index in [1.807, 2.05) is 22.9 Å². The number of aryl methyl sites for hydroxylation is 1. The summed E-state index contributed by atoms with van der Waals surface area (Å²) in [6.07, 6.45) is 1.93. The van der Waals surface area contributed by atoms with Crippen LogP contribution in [0.5, 0.6) is 0 Å². The number of para-hydroxylation sites is 1. The van der Waals surface area contributed by atoms with Gasteiger partial charge >= 0.3 is 0 Å². The topological polar surface area (TPSA) is 60.4 Å². The third kappa shape index (κ3) is 2.11. The van der Waals surface area contributed by atoms with Gasteiger partial charge in [-0.15, -0.1) is 11.3 Å². The van der Waals surface area contributed by atoms with Crippen LogP contribution in [0.3, 0.4) is 0 Å². The van der Waals surface area contributed by atoms with Crippen LogP contribution in [0.2, 0.25) is 0 Å². The standard InChI is InChI=1S/C12H9N3O2S2/c1-8-11(14-6-7-18-12(14)13-8)19-10-5-3-2-4-9(10)15(16)17/h2-7H,1H3. The lowest BCUT2D eigenvalue weighted by atomic mass is 10.3. The molecule has 96 valence electrons. The maximum Gasteiger partial charge on any atom is 0.283 e. The fraction of sp³-hybridized carbons (Fsp3) is 0.0833. The van der Waals surface area contributed by atoms with Gasteiger partial charge in [-0.3, -0.25) is 14.5 Å². The summed E-state index contributed by atoms with van der Waals surface area (Å²) in [7, 11) is 0. The molecule has 0 bridgehead atoms. The smallest absolute Gasteiger partial charge is 0.283 e. The van der Waals surface area contributed by atoms with Crippen molar-refractivity contribution in [2.75, 3.05) is 0 Å². The molecule has 2 heterocycles. The summed E-state index contributed by atoms with van der Waals surface area (Å²) in [5.74, 6) is 0. The van der Waals surface area contributed by atoms with Gasteiger partial charge in [0.2, 0.25) is 0 Å². The second-order valence-electron chi connectivity index (χ2n) is 3.88. The highest BCUT2D eigenvalue weighted by atomic mass is 32.2. The van der Waals surface area contributed by atoms with E-state index in [-0.39, 0.29) is 10.6 Å². The zero-order valence-corrected chi connectivity index (χ0v) is 11.6. The van der Waals surface area contributed by atoms with E-state index >= 15 is 0 Å². The van der Waals surface area contributed by atoms with E-state index in [1.54, 1.807) is 29.5 Å². The molecule has 0 radical (unpaired) electrons. The van der Waals surface area contributed by atoms with Gasteiger partial charge in [-0.2, -0.15) is 0 Å². The number of nitrogens with zero attached hydrogens (tertiary/aromatic N) is 3. The van der Waals surface area contributed by atoms with Crippen LogP contribution in [0.15, 0.2) is 45.8 Å². The summed E-state index contributed by atoms with van der Waals surface area (Å²) >= 11 is 2.92. The molecular weight excluding hydrogens is 282 g/mol. The number of hydrogen-bond acceptors (Lipinski definition) is 5. The Morgan fingerprint density at radius 1 is 1.42 bits per heavy atom. The number of nitro benzene ring substituents is 1. The molecule has 0 aliphatic heterocycles. The summed E-state index contributed by atoms with van der Waals surface area (Å²) in [6, 6.07) is 6.75. The van der Waals surface area contributed by atoms with Crippen LogP contribution in [0.4, 0.5) is 5.69 Å². The van der Waals surface area contributed by atoms with Gasteiger partial charge in [0.05, 0.1) is 15.5 Å². The minimum Gasteiger partial charge on any atom is -0.285 e. The lowest BCUT2D eigenvalue weighted by Gasteiger charge is -2.02. The van der Waals surface area contributed by atoms with E-state index in [0.29, 0.717) is 4.90 Å². The molecular formula is C12H9N3O2S2. The molecule has 0 aliphatic rings. The second kappa shape index (κ2) is 4.67. The van der Waals surface area contributed by atoms with Crippen LogP contribution in [0.25, 0.3) is 4.96 Å². The summed E-state index contributed by atoms with van der Waals surface area (Å²) < 4.78 is 1.96. The third-order valence-electron chi connectivity index (χ3n) is 2.65. The molecule has 0 unspecified atom stereocenters. The number of rotatable bonds is 3. The average Bonchev–Trinajstić information content (AvgIpc) is 2.93. The maximum absolute atomic E-state index is 11.0. The number of hydrogen-bond donors (Lipinski definition) is 0. The van der Waals surface area contributed by atoms with Crippen molar-refractivity contribution in [1.29, 1.82) is 0 Å². The van der Waals surface area contributed by atoms with Gasteiger partial charge < -0.3 is 0 Å². The van der Waals surface area contributed by atoms with E-state index < -0.39 is 0 Å². The highest BCUT2D eigenvalue weighted by Gasteiger charge is 2.17. The molecule has 7 heteroatoms. The van der Waals surface area contributed by atoms with Crippen molar-refractivity contribution in [2.24, 2.45) is 0 Å². The third-order valence-corrected chi connectivity index (χ3v) is 4.66. The Morgan fingerprint density at radius 3 is 3.00 bits per heavy atom. The molecule has 0 saturated carbocycles. The molecule has 0 N–H and O–H groups in total. The molecule has 0 atom stereocenters. The molecule has 5 nitrogen and oxygen atoms in total. The number of benzene rings is 1. The van der Waals surface area contributed by atoms with Gasteiger partial charge in [0.15, 0.2) is 4.96 Å². The Labute approximate surface area is 117 Å². The van der Waals surface area contributed by atoms with Crippen LogP contribution < -0.4 is 0 Å². The van der Waals surface area contributed by atoms with Gasteiger partial charge in [0.1, 0.15) is 5.03 Å². The van der Waals surface area contributed by atoms with Crippen molar-refractivity contribution in [1.82, 2.24) is 9.38 Å². The SMILES string of the molecule is Cc1nc2sccn2c1Sc1ccccc1[N+](=O)[O-]. The Kier molecular flexibility index (Phi) is 3.00. The molecule has 0 spiro atoms. The molecule has 0 amide bonds. The lowest BCUT2D eigenvalue weighted by molar-refractivity contribution is -0.387. The quantitative estimate of drug-likeness (QED) is 0.544. The average molecular weight is 291 g/mol. The fourth-order valence-corrected chi connectivity index (χ4v) is 3.65. The zero-order chi connectivity index (χ0) is 13.4. The van der Waals surface area contributed by atoms with Crippen molar-refractivity contribution in [3.05, 3.63) is 51.7 Å². The summed E-state index contributed by atoms with van der Waals surface area (Å²) in [5, 5.41) is 13.9. The van der Waals surface area contributed by atoms with Gasteiger partial charge in [-0.1, -0.05) is 23.9 Å². The molecule has 0 fully saturated rings. The Hall–Kier alpha value is -1.86. The van der Waals surface area contributed by atoms with Gasteiger partial charge in [0.25, 0.3) is 5.69 Å². The van der Waals surface area contributed by atoms with E-state index in [0.717, 1.165) is 15.7 Å². The predicted molar refractivity (Wildman–Crippen MR) is 75.0 cm³/mol. The number of thiazole rings is 1. The zero-order valence-electron chi connectivity index (χ0n) is 9.94. The fourth-order valence-electron chi connectivity index (χ4n) is 1.79. The first kappa shape index (κ1) is 12.2. The van der Waals surface area contributed by atoms with Gasteiger partial charge in [0, 0.05) is 17.6 Å². The molecule has 1 aromatic carbocycles. The van der Waals surface area contributed by atoms with Crippen LogP contribution in [-0.4, -0.2) is 14.3 Å². The molecule has 3 aromatic rings.